The third-order valence-electron chi connectivity index (χ3n) is 3.59. The van der Waals surface area contributed by atoms with Gasteiger partial charge in [0.25, 0.3) is 0 Å². The first kappa shape index (κ1) is 14.9. The van der Waals surface area contributed by atoms with Crippen molar-refractivity contribution in [2.24, 2.45) is 0 Å². The number of hydrogen-bond donors (Lipinski definition) is 2. The van der Waals surface area contributed by atoms with E-state index in [-0.39, 0.29) is 11.2 Å². The quantitative estimate of drug-likeness (QED) is 0.625. The van der Waals surface area contributed by atoms with E-state index in [1.54, 1.807) is 0 Å². The highest BCUT2D eigenvalue weighted by atomic mass is 32.2. The zero-order chi connectivity index (χ0) is 15.5. The first-order valence-corrected chi connectivity index (χ1v) is 8.22. The molecule has 1 saturated carbocycles. The highest BCUT2D eigenvalue weighted by Crippen LogP contribution is 2.39. The van der Waals surface area contributed by atoms with Gasteiger partial charge >= 0.3 is 0 Å². The Bertz CT molecular complexity index is 653. The van der Waals surface area contributed by atoms with Gasteiger partial charge < -0.3 is 11.2 Å². The van der Waals surface area contributed by atoms with Gasteiger partial charge in [-0.1, -0.05) is 42.1 Å². The molecule has 0 spiro atoms. The van der Waals surface area contributed by atoms with Crippen LogP contribution in [0.3, 0.4) is 0 Å². The van der Waals surface area contributed by atoms with Crippen molar-refractivity contribution in [3.8, 4) is 0 Å². The summed E-state index contributed by atoms with van der Waals surface area (Å²) in [6.45, 7) is 2.36. The van der Waals surface area contributed by atoms with Crippen molar-refractivity contribution < 1.29 is 4.79 Å². The molecule has 0 unspecified atom stereocenters. The minimum atomic E-state index is -0.276. The number of thioether (sulfide) groups is 1. The van der Waals surface area contributed by atoms with Gasteiger partial charge in [0, 0.05) is 12.5 Å². The van der Waals surface area contributed by atoms with Crippen molar-refractivity contribution in [3.05, 3.63) is 41.7 Å². The number of rotatable bonds is 6. The van der Waals surface area contributed by atoms with Crippen LogP contribution in [0.4, 0.5) is 0 Å². The van der Waals surface area contributed by atoms with E-state index < -0.39 is 0 Å². The number of carbonyl (C=O) groups excluding carboxylic acids is 1. The largest absolute Gasteiger partial charge is 0.351 e. The lowest BCUT2D eigenvalue weighted by Gasteiger charge is -2.11. The predicted molar refractivity (Wildman–Crippen MR) is 85.8 cm³/mol. The van der Waals surface area contributed by atoms with Gasteiger partial charge in [0.2, 0.25) is 11.1 Å². The summed E-state index contributed by atoms with van der Waals surface area (Å²) in [4.78, 5) is 12.2. The molecule has 1 aliphatic rings. The number of benzene rings is 1. The zero-order valence-electron chi connectivity index (χ0n) is 12.4. The molecule has 116 valence electrons. The Morgan fingerprint density at radius 3 is 2.82 bits per heavy atom. The van der Waals surface area contributed by atoms with Gasteiger partial charge in [-0.3, -0.25) is 4.79 Å². The molecule has 0 radical (unpaired) electrons. The maximum absolute atomic E-state index is 12.2. The number of carbonyl (C=O) groups is 1. The van der Waals surface area contributed by atoms with Gasteiger partial charge in [-0.25, -0.2) is 4.68 Å². The number of aromatic nitrogens is 3. The Balaban J connectivity index is 1.54. The summed E-state index contributed by atoms with van der Waals surface area (Å²) in [5.41, 5.74) is 1.08. The molecule has 2 aromatic rings. The molecule has 1 atom stereocenters. The standard InChI is InChI=1S/C15H19N5OS/c1-10(14(21)17-9-11-5-3-2-4-6-11)22-15-19-18-13(20(15)16)12-7-8-12/h2-6,10,12H,7-9,16H2,1H3,(H,17,21)/t10-/m0/s1. The molecule has 6 nitrogen and oxygen atoms in total. The maximum atomic E-state index is 12.2. The Hall–Kier alpha value is -2.02. The van der Waals surface area contributed by atoms with Crippen LogP contribution in [0.5, 0.6) is 0 Å². The molecule has 1 aliphatic carbocycles. The summed E-state index contributed by atoms with van der Waals surface area (Å²) >= 11 is 1.33. The van der Waals surface area contributed by atoms with Crippen LogP contribution in [0.2, 0.25) is 0 Å². The molecule has 7 heteroatoms. The summed E-state index contributed by atoms with van der Waals surface area (Å²) in [6, 6.07) is 9.83. The minimum Gasteiger partial charge on any atom is -0.351 e. The highest BCUT2D eigenvalue weighted by molar-refractivity contribution is 8.00. The van der Waals surface area contributed by atoms with Crippen LogP contribution in [-0.4, -0.2) is 26.0 Å². The number of hydrogen-bond acceptors (Lipinski definition) is 5. The molecule has 0 aliphatic heterocycles. The van der Waals surface area contributed by atoms with Crippen LogP contribution in [0.15, 0.2) is 35.5 Å². The molecule has 22 heavy (non-hydrogen) atoms. The fourth-order valence-corrected chi connectivity index (χ4v) is 2.93. The molecular weight excluding hydrogens is 298 g/mol. The van der Waals surface area contributed by atoms with E-state index in [4.69, 9.17) is 5.84 Å². The lowest BCUT2D eigenvalue weighted by atomic mass is 10.2. The molecule has 3 N–H and O–H groups in total. The molecule has 3 rings (SSSR count). The van der Waals surface area contributed by atoms with Crippen molar-refractivity contribution in [1.82, 2.24) is 20.2 Å². The monoisotopic (exact) mass is 317 g/mol. The van der Waals surface area contributed by atoms with E-state index in [9.17, 15) is 4.79 Å². The Morgan fingerprint density at radius 1 is 1.41 bits per heavy atom. The molecule has 0 saturated heterocycles. The Morgan fingerprint density at radius 2 is 2.14 bits per heavy atom. The van der Waals surface area contributed by atoms with E-state index in [0.29, 0.717) is 17.6 Å². The van der Waals surface area contributed by atoms with Gasteiger partial charge in [-0.05, 0) is 25.3 Å². The van der Waals surface area contributed by atoms with Gasteiger partial charge in [-0.2, -0.15) is 0 Å². The van der Waals surface area contributed by atoms with E-state index in [0.717, 1.165) is 24.2 Å². The van der Waals surface area contributed by atoms with Crippen molar-refractivity contribution in [2.75, 3.05) is 5.84 Å². The number of nitrogens with two attached hydrogens (primary N) is 1. The normalized spacial score (nSPS) is 15.5. The number of nitrogen functional groups attached to an aromatic ring is 1. The van der Waals surface area contributed by atoms with Crippen molar-refractivity contribution in [1.29, 1.82) is 0 Å². The molecule has 1 heterocycles. The third-order valence-corrected chi connectivity index (χ3v) is 4.65. The van der Waals surface area contributed by atoms with Gasteiger partial charge in [0.05, 0.1) is 5.25 Å². The zero-order valence-corrected chi connectivity index (χ0v) is 13.2. The smallest absolute Gasteiger partial charge is 0.233 e. The molecule has 1 aromatic carbocycles. The van der Waals surface area contributed by atoms with Crippen LogP contribution in [-0.2, 0) is 11.3 Å². The van der Waals surface area contributed by atoms with Crippen LogP contribution >= 0.6 is 11.8 Å². The third kappa shape index (κ3) is 3.41. The van der Waals surface area contributed by atoms with Gasteiger partial charge in [0.15, 0.2) is 5.82 Å². The first-order chi connectivity index (χ1) is 10.6. The van der Waals surface area contributed by atoms with E-state index in [2.05, 4.69) is 15.5 Å². The van der Waals surface area contributed by atoms with Crippen LogP contribution < -0.4 is 11.2 Å². The predicted octanol–water partition coefficient (Wildman–Crippen LogP) is 1.67. The fourth-order valence-electron chi connectivity index (χ4n) is 2.13. The maximum Gasteiger partial charge on any atom is 0.233 e. The Labute approximate surface area is 133 Å². The summed E-state index contributed by atoms with van der Waals surface area (Å²) in [5.74, 6) is 7.22. The first-order valence-electron chi connectivity index (χ1n) is 7.34. The van der Waals surface area contributed by atoms with Crippen LogP contribution in [0, 0.1) is 0 Å². The SMILES string of the molecule is C[C@H](Sc1nnc(C2CC2)n1N)C(=O)NCc1ccccc1. The van der Waals surface area contributed by atoms with Crippen molar-refractivity contribution in [3.63, 3.8) is 0 Å². The highest BCUT2D eigenvalue weighted by Gasteiger charge is 2.30. The second kappa shape index (κ2) is 6.39. The lowest BCUT2D eigenvalue weighted by Crippen LogP contribution is -2.30. The topological polar surface area (TPSA) is 85.8 Å². The molecule has 1 aromatic heterocycles. The number of amides is 1. The van der Waals surface area contributed by atoms with E-state index in [1.165, 1.54) is 16.4 Å². The van der Waals surface area contributed by atoms with Gasteiger partial charge in [0.1, 0.15) is 0 Å². The second-order valence-corrected chi connectivity index (χ2v) is 6.76. The fraction of sp³-hybridized carbons (Fsp3) is 0.400. The summed E-state index contributed by atoms with van der Waals surface area (Å²) in [6.07, 6.45) is 2.24. The van der Waals surface area contributed by atoms with E-state index in [1.807, 2.05) is 37.3 Å². The molecule has 0 bridgehead atoms. The summed E-state index contributed by atoms with van der Waals surface area (Å²) < 4.78 is 1.52. The van der Waals surface area contributed by atoms with Crippen molar-refractivity contribution in [2.45, 2.75) is 42.6 Å². The molecule has 1 amide bonds. The van der Waals surface area contributed by atoms with Crippen molar-refractivity contribution >= 4 is 17.7 Å². The number of nitrogens with zero attached hydrogens (tertiary/aromatic N) is 3. The number of nitrogens with one attached hydrogen (secondary N) is 1. The molecule has 1 fully saturated rings. The Kier molecular flexibility index (Phi) is 4.33. The van der Waals surface area contributed by atoms with Crippen LogP contribution in [0.25, 0.3) is 0 Å². The lowest BCUT2D eigenvalue weighted by molar-refractivity contribution is -0.120. The average molecular weight is 317 g/mol. The summed E-state index contributed by atoms with van der Waals surface area (Å²) in [7, 11) is 0. The summed E-state index contributed by atoms with van der Waals surface area (Å²) in [5, 5.41) is 11.4. The van der Waals surface area contributed by atoms with Crippen LogP contribution in [0.1, 0.15) is 37.1 Å². The average Bonchev–Trinajstić information content (AvgIpc) is 3.31. The minimum absolute atomic E-state index is 0.0372. The van der Waals surface area contributed by atoms with E-state index >= 15 is 0 Å². The van der Waals surface area contributed by atoms with Gasteiger partial charge in [-0.15, -0.1) is 10.2 Å². The second-order valence-electron chi connectivity index (χ2n) is 5.45. The molecular formula is C15H19N5OS.